The predicted molar refractivity (Wildman–Crippen MR) is 16.8 cm³/mol. The highest BCUT2D eigenvalue weighted by Crippen LogP contribution is 2.01. The molecule has 0 rings (SSSR count). The van der Waals surface area contributed by atoms with Crippen molar-refractivity contribution in [1.29, 1.82) is 0 Å². The van der Waals surface area contributed by atoms with Gasteiger partial charge in [-0.25, -0.2) is 4.39 Å². The van der Waals surface area contributed by atoms with Crippen LogP contribution < -0.4 is 0 Å². The topological polar surface area (TPSA) is 18.5 Å². The first kappa shape index (κ1) is 6.13. The van der Waals surface area contributed by atoms with Gasteiger partial charge in [-0.05, 0) is 0 Å². The summed E-state index contributed by atoms with van der Waals surface area (Å²) < 4.78 is 24.6. The molecule has 2 nitrogen and oxygen atoms in total. The fraction of sp³-hybridized carbons (Fsp3) is 1.00. The summed E-state index contributed by atoms with van der Waals surface area (Å²) in [6, 6.07) is 0. The van der Waals surface area contributed by atoms with Crippen molar-refractivity contribution in [3.63, 3.8) is 0 Å². The van der Waals surface area contributed by atoms with Gasteiger partial charge in [-0.1, -0.05) is 0 Å². The molecule has 0 bridgehead atoms. The number of rotatable bonds is 3. The molecule has 0 atom stereocenters. The molecule has 0 unspecified atom stereocenters. The number of hydrogen-bond acceptors (Lipinski definition) is 3. The third kappa shape index (κ3) is 4.13. The van der Waals surface area contributed by atoms with Crippen molar-refractivity contribution < 1.29 is 17.5 Å². The van der Waals surface area contributed by atoms with Crippen LogP contribution in [0, 0.1) is 0 Å². The van der Waals surface area contributed by atoms with Crippen LogP contribution >= 0.6 is 12.4 Å². The Hall–Kier alpha value is 0.130. The maximum absolute atomic E-state index is 10.7. The van der Waals surface area contributed by atoms with E-state index in [1.54, 1.807) is 0 Å². The predicted octanol–water partition coefficient (Wildman–Crippen LogP) is 1.39. The Kier molecular flexibility index (Phi) is 5.24. The largest absolute Gasteiger partial charge is 0.242 e. The molecule has 0 aliphatic rings. The number of hydrogen-bond donors (Lipinski definition) is 0. The van der Waals surface area contributed by atoms with E-state index in [-0.39, 0.29) is 0 Å². The SMILES string of the molecule is FCOOSF. The van der Waals surface area contributed by atoms with Crippen molar-refractivity contribution in [2.45, 2.75) is 0 Å². The number of halogens is 2. The van der Waals surface area contributed by atoms with Crippen molar-refractivity contribution in [1.82, 2.24) is 0 Å². The summed E-state index contributed by atoms with van der Waals surface area (Å²) >= 11 is -0.536. The minimum absolute atomic E-state index is 0.536. The van der Waals surface area contributed by atoms with E-state index in [2.05, 4.69) is 9.22 Å². The fourth-order valence-corrected chi connectivity index (χ4v) is 0.109. The second kappa shape index (κ2) is 5.13. The van der Waals surface area contributed by atoms with E-state index in [9.17, 15) is 8.28 Å². The van der Waals surface area contributed by atoms with Gasteiger partial charge in [0.05, 0.1) is 0 Å². The van der Waals surface area contributed by atoms with Crippen molar-refractivity contribution in [2.75, 3.05) is 6.86 Å². The van der Waals surface area contributed by atoms with E-state index < -0.39 is 19.3 Å². The van der Waals surface area contributed by atoms with Gasteiger partial charge < -0.3 is 0 Å². The molecule has 0 aromatic heterocycles. The average Bonchev–Trinajstić information content (AvgIpc) is 1.61. The Bertz CT molecular complexity index is 23.5. The molecule has 0 N–H and O–H groups in total. The summed E-state index contributed by atoms with van der Waals surface area (Å²) in [6.07, 6.45) is 0. The van der Waals surface area contributed by atoms with Gasteiger partial charge >= 0.3 is 0 Å². The zero-order valence-electron chi connectivity index (χ0n) is 2.69. The van der Waals surface area contributed by atoms with Gasteiger partial charge in [-0.3, -0.25) is 0 Å². The Balaban J connectivity index is 2.34. The van der Waals surface area contributed by atoms with Crippen molar-refractivity contribution in [2.24, 2.45) is 0 Å². The molecule has 0 spiro atoms. The highest BCUT2D eigenvalue weighted by atomic mass is 32.2. The smallest absolute Gasteiger partial charge is 0.217 e. The maximum Gasteiger partial charge on any atom is 0.242 e. The monoisotopic (exact) mass is 116 g/mol. The minimum Gasteiger partial charge on any atom is -0.217 e. The number of alkyl halides is 1. The lowest BCUT2D eigenvalue weighted by atomic mass is 11.6. The second-order valence-electron chi connectivity index (χ2n) is 0.358. The van der Waals surface area contributed by atoms with E-state index in [1.807, 2.05) is 0 Å². The molecule has 0 aromatic carbocycles. The van der Waals surface area contributed by atoms with Gasteiger partial charge in [-0.15, -0.1) is 8.22 Å². The summed E-state index contributed by atoms with van der Waals surface area (Å²) in [4.78, 5) is 3.40. The minimum atomic E-state index is -1.13. The first-order valence-electron chi connectivity index (χ1n) is 1.04. The van der Waals surface area contributed by atoms with E-state index in [0.29, 0.717) is 0 Å². The molecular weight excluding hydrogens is 114 g/mol. The molecule has 0 saturated carbocycles. The summed E-state index contributed by atoms with van der Waals surface area (Å²) in [7, 11) is 0. The molecule has 5 heteroatoms. The second-order valence-corrected chi connectivity index (χ2v) is 0.620. The lowest BCUT2D eigenvalue weighted by Gasteiger charge is -1.84. The quantitative estimate of drug-likeness (QED) is 0.240. The van der Waals surface area contributed by atoms with Crippen LogP contribution in [0.4, 0.5) is 8.28 Å². The fourth-order valence-electron chi connectivity index (χ4n) is 0.0364. The third-order valence-electron chi connectivity index (χ3n) is 0.118. The average molecular weight is 116 g/mol. The lowest BCUT2D eigenvalue weighted by Crippen LogP contribution is -1.78. The first-order chi connectivity index (χ1) is 2.91. The van der Waals surface area contributed by atoms with Crippen molar-refractivity contribution in [3.8, 4) is 0 Å². The molecule has 0 fully saturated rings. The zero-order chi connectivity index (χ0) is 4.83. The van der Waals surface area contributed by atoms with Crippen LogP contribution in [0.25, 0.3) is 0 Å². The molecule has 6 heavy (non-hydrogen) atoms. The molecular formula is CH2F2O2S. The van der Waals surface area contributed by atoms with Gasteiger partial charge in [0.2, 0.25) is 19.3 Å². The Morgan fingerprint density at radius 1 is 1.67 bits per heavy atom. The van der Waals surface area contributed by atoms with Crippen LogP contribution in [0.15, 0.2) is 0 Å². The Morgan fingerprint density at radius 3 is 2.50 bits per heavy atom. The highest BCUT2D eigenvalue weighted by Gasteiger charge is 1.80. The first-order valence-corrected chi connectivity index (χ1v) is 1.69. The van der Waals surface area contributed by atoms with Crippen molar-refractivity contribution in [3.05, 3.63) is 0 Å². The lowest BCUT2D eigenvalue weighted by molar-refractivity contribution is -0.222. The molecule has 38 valence electrons. The van der Waals surface area contributed by atoms with Crippen LogP contribution in [0.3, 0.4) is 0 Å². The van der Waals surface area contributed by atoms with Crippen molar-refractivity contribution >= 4 is 12.4 Å². The van der Waals surface area contributed by atoms with Gasteiger partial charge in [0.15, 0.2) is 0 Å². The molecule has 0 radical (unpaired) electrons. The third-order valence-corrected chi connectivity index (χ3v) is 0.266. The highest BCUT2D eigenvalue weighted by molar-refractivity contribution is 7.89. The molecule has 0 aromatic rings. The summed E-state index contributed by atoms with van der Waals surface area (Å²) in [5.41, 5.74) is 0. The molecule has 0 saturated heterocycles. The van der Waals surface area contributed by atoms with Crippen LogP contribution in [-0.4, -0.2) is 6.86 Å². The summed E-state index contributed by atoms with van der Waals surface area (Å²) in [6.45, 7) is -1.13. The van der Waals surface area contributed by atoms with Crippen LogP contribution in [-0.2, 0) is 9.22 Å². The van der Waals surface area contributed by atoms with E-state index in [1.165, 1.54) is 0 Å². The van der Waals surface area contributed by atoms with Gasteiger partial charge in [0.1, 0.15) is 0 Å². The molecule has 0 aliphatic carbocycles. The zero-order valence-corrected chi connectivity index (χ0v) is 3.50. The van der Waals surface area contributed by atoms with E-state index in [4.69, 9.17) is 0 Å². The Labute approximate surface area is 37.9 Å². The van der Waals surface area contributed by atoms with Gasteiger partial charge in [-0.2, -0.15) is 4.89 Å². The standard InChI is InChI=1S/CH2F2O2S/c2-1-4-5-6-3/h1H2. The normalized spacial score (nSPS) is 9.00. The summed E-state index contributed by atoms with van der Waals surface area (Å²) in [5.74, 6) is 0. The Morgan fingerprint density at radius 2 is 2.33 bits per heavy atom. The van der Waals surface area contributed by atoms with Crippen LogP contribution in [0.5, 0.6) is 0 Å². The van der Waals surface area contributed by atoms with E-state index >= 15 is 0 Å². The molecule has 0 amide bonds. The van der Waals surface area contributed by atoms with Crippen LogP contribution in [0.1, 0.15) is 0 Å². The maximum atomic E-state index is 10.7. The van der Waals surface area contributed by atoms with Crippen LogP contribution in [0.2, 0.25) is 0 Å². The van der Waals surface area contributed by atoms with E-state index in [0.717, 1.165) is 0 Å². The van der Waals surface area contributed by atoms with Gasteiger partial charge in [0.25, 0.3) is 0 Å². The molecule has 0 aliphatic heterocycles. The summed E-state index contributed by atoms with van der Waals surface area (Å²) in [5, 5.41) is 0. The molecule has 0 heterocycles. The van der Waals surface area contributed by atoms with Gasteiger partial charge in [0, 0.05) is 0 Å².